The van der Waals surface area contributed by atoms with Crippen LogP contribution in [-0.2, 0) is 7.05 Å². The Morgan fingerprint density at radius 3 is 3.00 bits per heavy atom. The number of aromatic nitrogens is 4. The number of fused-ring (bicyclic) bond motifs is 3. The highest BCUT2D eigenvalue weighted by molar-refractivity contribution is 5.64. The highest BCUT2D eigenvalue weighted by Gasteiger charge is 2.56. The molecule has 2 aromatic heterocycles. The number of hydrogen-bond acceptors (Lipinski definition) is 3. The zero-order valence-electron chi connectivity index (χ0n) is 12.2. The quantitative estimate of drug-likeness (QED) is 0.790. The average Bonchev–Trinajstić information content (AvgIpc) is 2.90. The van der Waals surface area contributed by atoms with Crippen LogP contribution in [0.25, 0.3) is 11.3 Å². The minimum absolute atomic E-state index is 0.505. The molecule has 0 bridgehead atoms. The lowest BCUT2D eigenvalue weighted by atomic mass is 10.0. The van der Waals surface area contributed by atoms with Gasteiger partial charge in [-0.1, -0.05) is 0 Å². The van der Waals surface area contributed by atoms with Crippen molar-refractivity contribution in [3.63, 3.8) is 0 Å². The third-order valence-electron chi connectivity index (χ3n) is 4.96. The first kappa shape index (κ1) is 12.0. The molecule has 1 fully saturated rings. The van der Waals surface area contributed by atoms with Gasteiger partial charge in [0.25, 0.3) is 0 Å². The molecule has 0 saturated heterocycles. The van der Waals surface area contributed by atoms with Gasteiger partial charge in [-0.15, -0.1) is 0 Å². The summed E-state index contributed by atoms with van der Waals surface area (Å²) in [6.45, 7) is 0.798. The summed E-state index contributed by atoms with van der Waals surface area (Å²) in [5.41, 5.74) is 4.86. The van der Waals surface area contributed by atoms with E-state index in [1.54, 1.807) is 6.33 Å². The molecule has 1 N–H and O–H groups in total. The van der Waals surface area contributed by atoms with Crippen molar-refractivity contribution in [3.05, 3.63) is 54.2 Å². The molecule has 1 aliphatic heterocycles. The van der Waals surface area contributed by atoms with Gasteiger partial charge in [-0.3, -0.25) is 4.68 Å². The fourth-order valence-corrected chi connectivity index (χ4v) is 3.82. The maximum atomic E-state index is 5.95. The SMILES string of the molecule is Cn1nccc1-c1ccc2c(c1)C1C(CO2)C1c1cnc[nH]1. The van der Waals surface area contributed by atoms with Crippen molar-refractivity contribution >= 4 is 0 Å². The second-order valence-corrected chi connectivity index (χ2v) is 6.13. The number of benzene rings is 1. The van der Waals surface area contributed by atoms with Crippen molar-refractivity contribution in [1.82, 2.24) is 19.7 Å². The van der Waals surface area contributed by atoms with E-state index in [0.717, 1.165) is 18.1 Å². The van der Waals surface area contributed by atoms with Crippen LogP contribution in [0.15, 0.2) is 43.0 Å². The highest BCUT2D eigenvalue weighted by atomic mass is 16.5. The fraction of sp³-hybridized carbons (Fsp3) is 0.294. The van der Waals surface area contributed by atoms with Gasteiger partial charge in [-0.25, -0.2) is 4.98 Å². The predicted octanol–water partition coefficient (Wildman–Crippen LogP) is 2.70. The van der Waals surface area contributed by atoms with Crippen molar-refractivity contribution < 1.29 is 4.74 Å². The van der Waals surface area contributed by atoms with Crippen LogP contribution in [-0.4, -0.2) is 26.4 Å². The molecular weight excluding hydrogens is 276 g/mol. The molecule has 0 radical (unpaired) electrons. The molecule has 5 rings (SSSR count). The van der Waals surface area contributed by atoms with Crippen LogP contribution in [0.5, 0.6) is 5.75 Å². The largest absolute Gasteiger partial charge is 0.493 e. The molecular formula is C17H16N4O. The summed E-state index contributed by atoms with van der Waals surface area (Å²) in [4.78, 5) is 7.42. The van der Waals surface area contributed by atoms with Gasteiger partial charge in [-0.05, 0) is 29.8 Å². The lowest BCUT2D eigenvalue weighted by Gasteiger charge is -2.17. The Morgan fingerprint density at radius 2 is 2.23 bits per heavy atom. The first-order chi connectivity index (χ1) is 10.8. The normalized spacial score (nSPS) is 25.2. The zero-order valence-corrected chi connectivity index (χ0v) is 12.2. The van der Waals surface area contributed by atoms with Gasteiger partial charge in [0.15, 0.2) is 0 Å². The third-order valence-corrected chi connectivity index (χ3v) is 4.96. The molecule has 5 nitrogen and oxygen atoms in total. The van der Waals surface area contributed by atoms with Crippen molar-refractivity contribution in [2.45, 2.75) is 11.8 Å². The molecule has 3 atom stereocenters. The minimum Gasteiger partial charge on any atom is -0.493 e. The molecule has 0 spiro atoms. The number of rotatable bonds is 2. The maximum Gasteiger partial charge on any atom is 0.122 e. The molecule has 1 aliphatic carbocycles. The number of aryl methyl sites for hydroxylation is 1. The number of aromatic amines is 1. The minimum atomic E-state index is 0.505. The molecule has 3 heterocycles. The van der Waals surface area contributed by atoms with E-state index in [-0.39, 0.29) is 0 Å². The lowest BCUT2D eigenvalue weighted by Crippen LogP contribution is -2.08. The molecule has 1 aromatic carbocycles. The Hall–Kier alpha value is -2.56. The average molecular weight is 292 g/mol. The van der Waals surface area contributed by atoms with Gasteiger partial charge in [0, 0.05) is 48.5 Å². The maximum absolute atomic E-state index is 5.95. The second-order valence-electron chi connectivity index (χ2n) is 6.13. The second kappa shape index (κ2) is 4.22. The van der Waals surface area contributed by atoms with Gasteiger partial charge in [-0.2, -0.15) is 5.10 Å². The lowest BCUT2D eigenvalue weighted by molar-refractivity contribution is 0.277. The zero-order chi connectivity index (χ0) is 14.7. The van der Waals surface area contributed by atoms with Crippen LogP contribution in [0, 0.1) is 5.92 Å². The van der Waals surface area contributed by atoms with E-state index in [9.17, 15) is 0 Å². The first-order valence-electron chi connectivity index (χ1n) is 7.56. The number of H-pyrrole nitrogens is 1. The first-order valence-corrected chi connectivity index (χ1v) is 7.56. The summed E-state index contributed by atoms with van der Waals surface area (Å²) < 4.78 is 7.86. The van der Waals surface area contributed by atoms with Crippen molar-refractivity contribution in [1.29, 1.82) is 0 Å². The van der Waals surface area contributed by atoms with Crippen LogP contribution >= 0.6 is 0 Å². The van der Waals surface area contributed by atoms with Crippen molar-refractivity contribution in [3.8, 4) is 17.0 Å². The van der Waals surface area contributed by atoms with Gasteiger partial charge in [0.05, 0.1) is 18.6 Å². The van der Waals surface area contributed by atoms with E-state index in [0.29, 0.717) is 17.8 Å². The molecule has 0 amide bonds. The molecule has 2 aliphatic rings. The fourth-order valence-electron chi connectivity index (χ4n) is 3.82. The van der Waals surface area contributed by atoms with E-state index in [4.69, 9.17) is 4.74 Å². The summed E-state index contributed by atoms with van der Waals surface area (Å²) in [5, 5.41) is 4.26. The number of ether oxygens (including phenoxy) is 1. The van der Waals surface area contributed by atoms with Gasteiger partial charge in [0.1, 0.15) is 5.75 Å². The Bertz CT molecular complexity index is 836. The van der Waals surface area contributed by atoms with Crippen LogP contribution < -0.4 is 4.74 Å². The van der Waals surface area contributed by atoms with Crippen LogP contribution in [0.3, 0.4) is 0 Å². The van der Waals surface area contributed by atoms with Crippen LogP contribution in [0.2, 0.25) is 0 Å². The van der Waals surface area contributed by atoms with E-state index in [2.05, 4.69) is 33.3 Å². The molecule has 5 heteroatoms. The van der Waals surface area contributed by atoms with E-state index in [1.807, 2.05) is 30.2 Å². The van der Waals surface area contributed by atoms with Gasteiger partial charge < -0.3 is 9.72 Å². The van der Waals surface area contributed by atoms with Gasteiger partial charge >= 0.3 is 0 Å². The van der Waals surface area contributed by atoms with E-state index >= 15 is 0 Å². The topological polar surface area (TPSA) is 55.7 Å². The summed E-state index contributed by atoms with van der Waals surface area (Å²) >= 11 is 0. The Morgan fingerprint density at radius 1 is 1.27 bits per heavy atom. The predicted molar refractivity (Wildman–Crippen MR) is 81.7 cm³/mol. The standard InChI is InChI=1S/C17H16N4O/c1-21-14(4-5-20-21)10-2-3-15-11(6-10)16-12(8-22-15)17(16)13-7-18-9-19-13/h2-7,9,12,16-17H,8H2,1H3,(H,18,19). The molecule has 3 aromatic rings. The van der Waals surface area contributed by atoms with E-state index in [1.165, 1.54) is 16.8 Å². The van der Waals surface area contributed by atoms with Crippen molar-refractivity contribution in [2.75, 3.05) is 6.61 Å². The number of nitrogens with zero attached hydrogens (tertiary/aromatic N) is 3. The summed E-state index contributed by atoms with van der Waals surface area (Å²) in [7, 11) is 1.97. The van der Waals surface area contributed by atoms with Gasteiger partial charge in [0.2, 0.25) is 0 Å². The monoisotopic (exact) mass is 292 g/mol. The summed E-state index contributed by atoms with van der Waals surface area (Å²) in [6, 6.07) is 8.52. The van der Waals surface area contributed by atoms with E-state index < -0.39 is 0 Å². The molecule has 3 unspecified atom stereocenters. The summed E-state index contributed by atoms with van der Waals surface area (Å²) in [6.07, 6.45) is 5.53. The number of nitrogens with one attached hydrogen (secondary N) is 1. The highest BCUT2D eigenvalue weighted by Crippen LogP contribution is 2.64. The molecule has 1 saturated carbocycles. The van der Waals surface area contributed by atoms with Crippen molar-refractivity contribution in [2.24, 2.45) is 13.0 Å². The van der Waals surface area contributed by atoms with Crippen LogP contribution in [0.1, 0.15) is 23.1 Å². The summed E-state index contributed by atoms with van der Waals surface area (Å²) in [5.74, 6) is 2.63. The Kier molecular flexibility index (Phi) is 2.31. The molecule has 110 valence electrons. The Labute approximate surface area is 128 Å². The van der Waals surface area contributed by atoms with Crippen LogP contribution in [0.4, 0.5) is 0 Å². The molecule has 22 heavy (non-hydrogen) atoms. The number of imidazole rings is 1. The Balaban J connectivity index is 1.57. The number of hydrogen-bond donors (Lipinski definition) is 1. The third kappa shape index (κ3) is 1.59. The smallest absolute Gasteiger partial charge is 0.122 e.